The summed E-state index contributed by atoms with van der Waals surface area (Å²) in [6.07, 6.45) is 10.9. The summed E-state index contributed by atoms with van der Waals surface area (Å²) in [4.78, 5) is 96.7. The van der Waals surface area contributed by atoms with E-state index in [9.17, 15) is 33.6 Å². The number of anilines is 1. The minimum Gasteiger partial charge on any atom is -0.384 e. The van der Waals surface area contributed by atoms with E-state index < -0.39 is 35.7 Å². The Labute approximate surface area is 342 Å². The molecule has 2 atom stereocenters. The first-order chi connectivity index (χ1) is 28.1. The average Bonchev–Trinajstić information content (AvgIpc) is 3.95. The SMILES string of the molecule is Cc1ncsc1-c1ccc(CNC(=O)[C@@H]2CCCN2C(=O)CNC(=O)CCCCCCCCCCCNc2cccc3c2C(=O)N(C2CCC(=O)NC2=O)C3=O)cc1. The number of benzene rings is 2. The van der Waals surface area contributed by atoms with Gasteiger partial charge in [0.05, 0.1) is 33.8 Å². The van der Waals surface area contributed by atoms with E-state index in [4.69, 9.17) is 0 Å². The summed E-state index contributed by atoms with van der Waals surface area (Å²) in [7, 11) is 0. The number of fused-ring (bicyclic) bond motifs is 1. The molecule has 2 saturated heterocycles. The van der Waals surface area contributed by atoms with E-state index in [1.165, 1.54) is 0 Å². The van der Waals surface area contributed by atoms with Crippen molar-refractivity contribution in [2.75, 3.05) is 25.0 Å². The molecule has 2 fully saturated rings. The molecule has 0 radical (unpaired) electrons. The van der Waals surface area contributed by atoms with Gasteiger partial charge in [-0.25, -0.2) is 4.98 Å². The molecule has 4 N–H and O–H groups in total. The number of likely N-dealkylation sites (tertiary alicyclic amines) is 1. The number of piperidine rings is 1. The highest BCUT2D eigenvalue weighted by Crippen LogP contribution is 2.32. The number of aryl methyl sites for hydroxylation is 1. The lowest BCUT2D eigenvalue weighted by molar-refractivity contribution is -0.138. The monoisotopic (exact) mass is 811 g/mol. The van der Waals surface area contributed by atoms with Gasteiger partial charge in [0.1, 0.15) is 12.1 Å². The fraction of sp³-hybridized carbons (Fsp3) is 0.488. The summed E-state index contributed by atoms with van der Waals surface area (Å²) in [5.74, 6) is -2.62. The number of amides is 7. The van der Waals surface area contributed by atoms with Crippen LogP contribution in [0.25, 0.3) is 10.4 Å². The third-order valence-electron chi connectivity index (χ3n) is 11.1. The third kappa shape index (κ3) is 10.5. The molecular formula is C43H53N7O7S. The molecule has 1 aromatic heterocycles. The van der Waals surface area contributed by atoms with Crippen LogP contribution >= 0.6 is 11.3 Å². The van der Waals surface area contributed by atoms with Crippen molar-refractivity contribution in [1.29, 1.82) is 0 Å². The van der Waals surface area contributed by atoms with E-state index in [-0.39, 0.29) is 48.2 Å². The zero-order valence-corrected chi connectivity index (χ0v) is 33.9. The van der Waals surface area contributed by atoms with Gasteiger partial charge in [-0.15, -0.1) is 11.3 Å². The van der Waals surface area contributed by atoms with Gasteiger partial charge in [-0.3, -0.25) is 43.8 Å². The average molecular weight is 812 g/mol. The molecular weight excluding hydrogens is 759 g/mol. The van der Waals surface area contributed by atoms with Crippen LogP contribution in [0.5, 0.6) is 0 Å². The van der Waals surface area contributed by atoms with Crippen LogP contribution in [0.2, 0.25) is 0 Å². The maximum atomic E-state index is 13.3. The fourth-order valence-corrected chi connectivity index (χ4v) is 8.71. The summed E-state index contributed by atoms with van der Waals surface area (Å²) in [5, 5.41) is 11.2. The number of imide groups is 2. The molecule has 308 valence electrons. The molecule has 4 heterocycles. The highest BCUT2D eigenvalue weighted by molar-refractivity contribution is 7.13. The van der Waals surface area contributed by atoms with E-state index in [0.717, 1.165) is 90.8 Å². The number of nitrogens with zero attached hydrogens (tertiary/aromatic N) is 3. The molecule has 0 saturated carbocycles. The Morgan fingerprint density at radius 1 is 0.862 bits per heavy atom. The van der Waals surface area contributed by atoms with E-state index in [1.807, 2.05) is 36.7 Å². The van der Waals surface area contributed by atoms with E-state index in [0.29, 0.717) is 38.2 Å². The van der Waals surface area contributed by atoms with Crippen LogP contribution in [0.15, 0.2) is 48.0 Å². The number of hydrogen-bond donors (Lipinski definition) is 4. The second kappa shape index (κ2) is 20.3. The Morgan fingerprint density at radius 2 is 1.59 bits per heavy atom. The molecule has 2 aromatic carbocycles. The molecule has 3 aliphatic rings. The van der Waals surface area contributed by atoms with Crippen LogP contribution < -0.4 is 21.3 Å². The molecule has 0 spiro atoms. The first kappa shape index (κ1) is 42.2. The third-order valence-corrected chi connectivity index (χ3v) is 12.1. The Kier molecular flexibility index (Phi) is 14.8. The molecule has 1 unspecified atom stereocenters. The van der Waals surface area contributed by atoms with Crippen LogP contribution in [-0.2, 0) is 30.5 Å². The standard InChI is InChI=1S/C43H53N7O7S/c1-28-39(58-27-47-28)30-19-17-29(18-20-30)25-46-40(54)33-15-12-24-49(33)37(53)26-45-35(51)16-9-7-5-3-2-4-6-8-10-23-44-32-14-11-13-31-38(32)43(57)50(42(31)56)34-21-22-36(52)48-41(34)55/h11,13-14,17-20,27,33-34,44H,2-10,12,15-16,21-26H2,1H3,(H,45,51)(H,46,54)(H,48,52,55)/t33-,34?/m0/s1. The van der Waals surface area contributed by atoms with Crippen LogP contribution in [0.4, 0.5) is 5.69 Å². The summed E-state index contributed by atoms with van der Waals surface area (Å²) >= 11 is 1.60. The summed E-state index contributed by atoms with van der Waals surface area (Å²) in [6, 6.07) is 11.6. The highest BCUT2D eigenvalue weighted by Gasteiger charge is 2.45. The molecule has 58 heavy (non-hydrogen) atoms. The lowest BCUT2D eigenvalue weighted by Gasteiger charge is -2.27. The normalized spacial score (nSPS) is 17.7. The quantitative estimate of drug-likeness (QED) is 0.0873. The van der Waals surface area contributed by atoms with Gasteiger partial charge in [-0.2, -0.15) is 0 Å². The maximum absolute atomic E-state index is 13.3. The molecule has 7 amide bonds. The van der Waals surface area contributed by atoms with Crippen molar-refractivity contribution >= 4 is 58.4 Å². The summed E-state index contributed by atoms with van der Waals surface area (Å²) in [5.41, 5.74) is 6.00. The first-order valence-electron chi connectivity index (χ1n) is 20.5. The zero-order chi connectivity index (χ0) is 41.0. The number of hydrogen-bond acceptors (Lipinski definition) is 10. The molecule has 15 heteroatoms. The predicted molar refractivity (Wildman–Crippen MR) is 220 cm³/mol. The number of nitrogens with one attached hydrogen (secondary N) is 4. The van der Waals surface area contributed by atoms with Crippen LogP contribution in [0, 0.1) is 6.92 Å². The van der Waals surface area contributed by atoms with Crippen LogP contribution in [0.3, 0.4) is 0 Å². The van der Waals surface area contributed by atoms with Crippen molar-refractivity contribution in [3.8, 4) is 10.4 Å². The zero-order valence-electron chi connectivity index (χ0n) is 33.1. The predicted octanol–water partition coefficient (Wildman–Crippen LogP) is 5.26. The maximum Gasteiger partial charge on any atom is 0.264 e. The van der Waals surface area contributed by atoms with E-state index in [2.05, 4.69) is 26.3 Å². The molecule has 3 aromatic rings. The fourth-order valence-electron chi connectivity index (χ4n) is 7.90. The lowest BCUT2D eigenvalue weighted by Crippen LogP contribution is -2.54. The van der Waals surface area contributed by atoms with Crippen molar-refractivity contribution in [1.82, 2.24) is 30.7 Å². The molecule has 0 bridgehead atoms. The number of carbonyl (C=O) groups is 7. The Balaban J connectivity index is 0.780. The van der Waals surface area contributed by atoms with Gasteiger partial charge in [-0.1, -0.05) is 75.3 Å². The molecule has 14 nitrogen and oxygen atoms in total. The second-order valence-corrected chi connectivity index (χ2v) is 16.1. The Hall–Kier alpha value is -5.44. The molecule has 0 aliphatic carbocycles. The summed E-state index contributed by atoms with van der Waals surface area (Å²) in [6.45, 7) is 3.40. The van der Waals surface area contributed by atoms with Gasteiger partial charge < -0.3 is 20.9 Å². The van der Waals surface area contributed by atoms with Crippen LogP contribution in [0.1, 0.15) is 122 Å². The van der Waals surface area contributed by atoms with Crippen molar-refractivity contribution in [3.63, 3.8) is 0 Å². The largest absolute Gasteiger partial charge is 0.384 e. The van der Waals surface area contributed by atoms with Gasteiger partial charge in [0.15, 0.2) is 0 Å². The smallest absolute Gasteiger partial charge is 0.264 e. The summed E-state index contributed by atoms with van der Waals surface area (Å²) < 4.78 is 0. The number of unbranched alkanes of at least 4 members (excludes halogenated alkanes) is 8. The minimum absolute atomic E-state index is 0.0800. The van der Waals surface area contributed by atoms with Gasteiger partial charge in [0, 0.05) is 38.2 Å². The number of carbonyl (C=O) groups excluding carboxylic acids is 7. The van der Waals surface area contributed by atoms with Gasteiger partial charge >= 0.3 is 0 Å². The Morgan fingerprint density at radius 3 is 2.29 bits per heavy atom. The van der Waals surface area contributed by atoms with Crippen LogP contribution in [-0.4, -0.2) is 87.9 Å². The number of rotatable bonds is 20. The minimum atomic E-state index is -0.988. The number of aromatic nitrogens is 1. The van der Waals surface area contributed by atoms with Crippen molar-refractivity contribution in [2.45, 2.75) is 115 Å². The number of thiazole rings is 1. The molecule has 6 rings (SSSR count). The molecule has 3 aliphatic heterocycles. The Bertz CT molecular complexity index is 2000. The van der Waals surface area contributed by atoms with Crippen molar-refractivity contribution in [3.05, 3.63) is 70.4 Å². The van der Waals surface area contributed by atoms with Crippen molar-refractivity contribution < 1.29 is 33.6 Å². The van der Waals surface area contributed by atoms with Gasteiger partial charge in [0.25, 0.3) is 11.8 Å². The lowest BCUT2D eigenvalue weighted by atomic mass is 10.0. The highest BCUT2D eigenvalue weighted by atomic mass is 32.1. The second-order valence-electron chi connectivity index (χ2n) is 15.2. The van der Waals surface area contributed by atoms with Crippen molar-refractivity contribution in [2.24, 2.45) is 0 Å². The van der Waals surface area contributed by atoms with Gasteiger partial charge in [-0.05, 0) is 62.3 Å². The van der Waals surface area contributed by atoms with E-state index >= 15 is 0 Å². The van der Waals surface area contributed by atoms with Gasteiger partial charge in [0.2, 0.25) is 29.5 Å². The topological polar surface area (TPSA) is 187 Å². The first-order valence-corrected chi connectivity index (χ1v) is 21.4. The van der Waals surface area contributed by atoms with E-state index in [1.54, 1.807) is 34.4 Å².